The highest BCUT2D eigenvalue weighted by molar-refractivity contribution is 5.57. The van der Waals surface area contributed by atoms with E-state index in [1.54, 1.807) is 0 Å². The molecule has 0 heterocycles. The van der Waals surface area contributed by atoms with E-state index in [4.69, 9.17) is 5.73 Å². The fraction of sp³-hybridized carbons (Fsp3) is 0.538. The molecule has 0 saturated heterocycles. The van der Waals surface area contributed by atoms with E-state index < -0.39 is 0 Å². The van der Waals surface area contributed by atoms with Gasteiger partial charge in [0, 0.05) is 31.7 Å². The van der Waals surface area contributed by atoms with Crippen LogP contribution in [0.15, 0.2) is 24.3 Å². The molecule has 0 amide bonds. The summed E-state index contributed by atoms with van der Waals surface area (Å²) in [6.45, 7) is 4.49. The van der Waals surface area contributed by atoms with Crippen molar-refractivity contribution in [2.24, 2.45) is 11.1 Å². The highest BCUT2D eigenvalue weighted by atomic mass is 15.1. The van der Waals surface area contributed by atoms with Crippen molar-refractivity contribution in [3.63, 3.8) is 0 Å². The highest BCUT2D eigenvalue weighted by Gasteiger charge is 2.56. The third kappa shape index (κ3) is 1.53. The Balaban J connectivity index is 2.38. The quantitative estimate of drug-likeness (QED) is 0.800. The number of rotatable bonds is 2. The Morgan fingerprint density at radius 1 is 1.20 bits per heavy atom. The van der Waals surface area contributed by atoms with Gasteiger partial charge in [0.2, 0.25) is 0 Å². The van der Waals surface area contributed by atoms with Crippen LogP contribution in [0.3, 0.4) is 0 Å². The van der Waals surface area contributed by atoms with Crippen molar-refractivity contribution in [2.45, 2.75) is 25.8 Å². The maximum absolute atomic E-state index is 6.13. The topological polar surface area (TPSA) is 29.3 Å². The molecule has 2 N–H and O–H groups in total. The van der Waals surface area contributed by atoms with Gasteiger partial charge in [-0.15, -0.1) is 0 Å². The smallest absolute Gasteiger partial charge is 0.0397 e. The zero-order valence-electron chi connectivity index (χ0n) is 9.99. The fourth-order valence-corrected chi connectivity index (χ4v) is 2.43. The summed E-state index contributed by atoms with van der Waals surface area (Å²) in [6.07, 6.45) is 0. The Morgan fingerprint density at radius 2 is 1.73 bits per heavy atom. The second-order valence-corrected chi connectivity index (χ2v) is 5.28. The molecule has 2 rings (SSSR count). The van der Waals surface area contributed by atoms with Crippen LogP contribution in [0.1, 0.15) is 25.3 Å². The first-order valence-corrected chi connectivity index (χ1v) is 5.48. The molecule has 1 fully saturated rings. The molecule has 0 aromatic heterocycles. The minimum Gasteiger partial charge on any atom is -0.377 e. The number of hydrogen-bond acceptors (Lipinski definition) is 2. The summed E-state index contributed by atoms with van der Waals surface area (Å²) in [6, 6.07) is 8.85. The molecule has 0 bridgehead atoms. The zero-order chi connectivity index (χ0) is 11.2. The molecular formula is C13H20N2. The van der Waals surface area contributed by atoms with E-state index in [9.17, 15) is 0 Å². The summed E-state index contributed by atoms with van der Waals surface area (Å²) in [4.78, 5) is 2.16. The van der Waals surface area contributed by atoms with Crippen molar-refractivity contribution in [1.82, 2.24) is 0 Å². The lowest BCUT2D eigenvalue weighted by Crippen LogP contribution is -2.12. The van der Waals surface area contributed by atoms with Gasteiger partial charge in [0.25, 0.3) is 0 Å². The lowest BCUT2D eigenvalue weighted by Gasteiger charge is -2.18. The molecule has 82 valence electrons. The monoisotopic (exact) mass is 204 g/mol. The van der Waals surface area contributed by atoms with Gasteiger partial charge in [-0.25, -0.2) is 0 Å². The van der Waals surface area contributed by atoms with Crippen LogP contribution in [0.5, 0.6) is 0 Å². The number of anilines is 1. The molecule has 1 aliphatic carbocycles. The summed E-state index contributed by atoms with van der Waals surface area (Å²) in [5.74, 6) is 0.510. The van der Waals surface area contributed by atoms with Crippen molar-refractivity contribution in [3.05, 3.63) is 29.8 Å². The van der Waals surface area contributed by atoms with E-state index in [1.165, 1.54) is 11.3 Å². The first-order valence-electron chi connectivity index (χ1n) is 5.48. The van der Waals surface area contributed by atoms with Gasteiger partial charge >= 0.3 is 0 Å². The van der Waals surface area contributed by atoms with Crippen LogP contribution in [0, 0.1) is 5.41 Å². The van der Waals surface area contributed by atoms with Gasteiger partial charge < -0.3 is 10.6 Å². The number of hydrogen-bond donors (Lipinski definition) is 1. The zero-order valence-corrected chi connectivity index (χ0v) is 9.99. The number of nitrogens with two attached hydrogens (primary N) is 1. The van der Waals surface area contributed by atoms with E-state index >= 15 is 0 Å². The summed E-state index contributed by atoms with van der Waals surface area (Å²) in [5.41, 5.74) is 9.07. The van der Waals surface area contributed by atoms with Crippen molar-refractivity contribution >= 4 is 5.69 Å². The molecule has 1 aromatic rings. The van der Waals surface area contributed by atoms with Crippen LogP contribution in [0.2, 0.25) is 0 Å². The molecule has 0 aliphatic heterocycles. The van der Waals surface area contributed by atoms with Crippen molar-refractivity contribution in [2.75, 3.05) is 19.0 Å². The molecule has 1 saturated carbocycles. The molecule has 2 nitrogen and oxygen atoms in total. The van der Waals surface area contributed by atoms with Gasteiger partial charge in [0.1, 0.15) is 0 Å². The molecule has 1 aromatic carbocycles. The van der Waals surface area contributed by atoms with Crippen molar-refractivity contribution in [1.29, 1.82) is 0 Å². The minimum absolute atomic E-state index is 0.256. The summed E-state index contributed by atoms with van der Waals surface area (Å²) < 4.78 is 0. The Labute approximate surface area is 92.1 Å². The van der Waals surface area contributed by atoms with Crippen LogP contribution < -0.4 is 10.6 Å². The van der Waals surface area contributed by atoms with E-state index in [0.717, 1.165) is 0 Å². The first kappa shape index (κ1) is 10.5. The molecule has 0 unspecified atom stereocenters. The molecule has 1 aliphatic rings. The standard InChI is InChI=1S/C13H20N2/c1-13(2)11(12(13)14)9-7-5-6-8-10(9)15(3)4/h5-8,11-12H,14H2,1-4H3/t11-,12-/m0/s1. The molecule has 15 heavy (non-hydrogen) atoms. The van der Waals surface area contributed by atoms with Crippen LogP contribution >= 0.6 is 0 Å². The first-order chi connectivity index (χ1) is 6.96. The molecule has 2 atom stereocenters. The van der Waals surface area contributed by atoms with E-state index in [-0.39, 0.29) is 5.41 Å². The number of nitrogens with zero attached hydrogens (tertiary/aromatic N) is 1. The number of para-hydroxylation sites is 1. The molecule has 2 heteroatoms. The lowest BCUT2D eigenvalue weighted by atomic mass is 10.0. The largest absolute Gasteiger partial charge is 0.377 e. The SMILES string of the molecule is CN(C)c1ccccc1[C@H]1[C@H](N)C1(C)C. The van der Waals surface area contributed by atoms with E-state index in [0.29, 0.717) is 12.0 Å². The normalized spacial score (nSPS) is 27.5. The van der Waals surface area contributed by atoms with Crippen LogP contribution in [0.4, 0.5) is 5.69 Å². The average molecular weight is 204 g/mol. The summed E-state index contributed by atoms with van der Waals surface area (Å²) in [5, 5.41) is 0. The Hall–Kier alpha value is -1.02. The second-order valence-electron chi connectivity index (χ2n) is 5.28. The Morgan fingerprint density at radius 3 is 2.20 bits per heavy atom. The van der Waals surface area contributed by atoms with Crippen molar-refractivity contribution < 1.29 is 0 Å². The highest BCUT2D eigenvalue weighted by Crippen LogP contribution is 2.58. The Bertz CT molecular complexity index is 369. The van der Waals surface area contributed by atoms with Crippen LogP contribution in [0.25, 0.3) is 0 Å². The predicted octanol–water partition coefficient (Wildman–Crippen LogP) is 2.20. The third-order valence-corrected chi connectivity index (χ3v) is 3.66. The maximum atomic E-state index is 6.13. The Kier molecular flexibility index (Phi) is 2.27. The van der Waals surface area contributed by atoms with Gasteiger partial charge in [-0.2, -0.15) is 0 Å². The predicted molar refractivity (Wildman–Crippen MR) is 65.3 cm³/mol. The van der Waals surface area contributed by atoms with Gasteiger partial charge in [0.15, 0.2) is 0 Å². The van der Waals surface area contributed by atoms with Gasteiger partial charge in [-0.1, -0.05) is 32.0 Å². The van der Waals surface area contributed by atoms with Crippen molar-refractivity contribution in [3.8, 4) is 0 Å². The van der Waals surface area contributed by atoms with Crippen LogP contribution in [-0.4, -0.2) is 20.1 Å². The van der Waals surface area contributed by atoms with Crippen LogP contribution in [-0.2, 0) is 0 Å². The minimum atomic E-state index is 0.256. The average Bonchev–Trinajstić information content (AvgIpc) is 2.66. The number of benzene rings is 1. The molecule has 0 radical (unpaired) electrons. The van der Waals surface area contributed by atoms with E-state index in [2.05, 4.69) is 57.1 Å². The van der Waals surface area contributed by atoms with E-state index in [1.807, 2.05) is 0 Å². The molecule has 0 spiro atoms. The summed E-state index contributed by atoms with van der Waals surface area (Å²) in [7, 11) is 4.17. The summed E-state index contributed by atoms with van der Waals surface area (Å²) >= 11 is 0. The van der Waals surface area contributed by atoms with Gasteiger partial charge in [-0.05, 0) is 17.0 Å². The fourth-order valence-electron chi connectivity index (χ4n) is 2.43. The maximum Gasteiger partial charge on any atom is 0.0397 e. The molecular weight excluding hydrogens is 184 g/mol. The van der Waals surface area contributed by atoms with Gasteiger partial charge in [0.05, 0.1) is 0 Å². The lowest BCUT2D eigenvalue weighted by molar-refractivity contribution is 0.599. The van der Waals surface area contributed by atoms with Gasteiger partial charge in [-0.3, -0.25) is 0 Å². The second kappa shape index (κ2) is 3.24. The third-order valence-electron chi connectivity index (χ3n) is 3.66.